The maximum absolute atomic E-state index is 6.15. The van der Waals surface area contributed by atoms with Gasteiger partial charge in [0.05, 0.1) is 5.69 Å². The molecule has 0 amide bonds. The summed E-state index contributed by atoms with van der Waals surface area (Å²) in [5.41, 5.74) is 6.92. The van der Waals surface area contributed by atoms with Gasteiger partial charge < -0.3 is 10.2 Å². The van der Waals surface area contributed by atoms with Crippen LogP contribution in [0.5, 0.6) is 0 Å². The molecule has 0 aliphatic carbocycles. The molecule has 3 N–H and O–H groups in total. The van der Waals surface area contributed by atoms with Crippen molar-refractivity contribution in [3.63, 3.8) is 0 Å². The largest absolute Gasteiger partial charge is 0.361 e. The molecule has 1 atom stereocenters. The van der Waals surface area contributed by atoms with E-state index in [0.717, 1.165) is 21.3 Å². The van der Waals surface area contributed by atoms with E-state index in [0.29, 0.717) is 12.4 Å². The van der Waals surface area contributed by atoms with Crippen LogP contribution in [-0.2, 0) is 4.74 Å². The first-order valence-corrected chi connectivity index (χ1v) is 9.24. The molecule has 4 nitrogen and oxygen atoms in total. The number of halogens is 1. The Morgan fingerprint density at radius 2 is 2.13 bits per heavy atom. The number of hydrogen-bond acceptors (Lipinski definition) is 5. The van der Waals surface area contributed by atoms with Crippen LogP contribution in [0.2, 0.25) is 0 Å². The molecular weight excluding hydrogens is 374 g/mol. The maximum Gasteiger partial charge on any atom is 0.142 e. The van der Waals surface area contributed by atoms with Crippen molar-refractivity contribution in [2.75, 3.05) is 12.9 Å². The Balaban J connectivity index is 2.14. The molecule has 2 aromatic carbocycles. The van der Waals surface area contributed by atoms with E-state index >= 15 is 0 Å². The van der Waals surface area contributed by atoms with Crippen LogP contribution >= 0.6 is 27.7 Å². The molecule has 23 heavy (non-hydrogen) atoms. The van der Waals surface area contributed by atoms with E-state index in [1.54, 1.807) is 11.8 Å². The van der Waals surface area contributed by atoms with E-state index < -0.39 is 0 Å². The maximum atomic E-state index is 6.15. The molecule has 0 unspecified atom stereocenters. The van der Waals surface area contributed by atoms with Gasteiger partial charge in [-0.05, 0) is 48.6 Å². The first-order chi connectivity index (χ1) is 11.1. The number of aliphatic imine (C=N–C) groups is 1. The van der Waals surface area contributed by atoms with Gasteiger partial charge >= 0.3 is 0 Å². The summed E-state index contributed by atoms with van der Waals surface area (Å²) in [5, 5.41) is 0. The molecule has 6 heteroatoms. The summed E-state index contributed by atoms with van der Waals surface area (Å²) in [7, 11) is 0. The summed E-state index contributed by atoms with van der Waals surface area (Å²) in [6, 6.07) is 12.3. The van der Waals surface area contributed by atoms with Gasteiger partial charge in [-0.2, -0.15) is 0 Å². The highest BCUT2D eigenvalue weighted by molar-refractivity contribution is 9.10. The third kappa shape index (κ3) is 3.30. The highest BCUT2D eigenvalue weighted by Gasteiger charge is 2.24. The minimum atomic E-state index is -0.177. The van der Waals surface area contributed by atoms with Crippen LogP contribution in [0.3, 0.4) is 0 Å². The van der Waals surface area contributed by atoms with Crippen LogP contribution in [0, 0.1) is 6.92 Å². The van der Waals surface area contributed by atoms with Crippen molar-refractivity contribution in [2.45, 2.75) is 17.9 Å². The molecule has 120 valence electrons. The molecule has 0 saturated heterocycles. The Morgan fingerprint density at radius 1 is 1.30 bits per heavy atom. The second kappa shape index (κ2) is 7.05. The number of fused-ring (bicyclic) bond motifs is 1. The van der Waals surface area contributed by atoms with Crippen LogP contribution in [0.25, 0.3) is 0 Å². The fourth-order valence-electron chi connectivity index (χ4n) is 2.73. The number of nitrogens with one attached hydrogen (secondary N) is 1. The van der Waals surface area contributed by atoms with Gasteiger partial charge in [-0.1, -0.05) is 28.1 Å². The van der Waals surface area contributed by atoms with Crippen molar-refractivity contribution in [3.8, 4) is 0 Å². The molecule has 0 aromatic heterocycles. The van der Waals surface area contributed by atoms with Crippen LogP contribution in [0.1, 0.15) is 22.8 Å². The van der Waals surface area contributed by atoms with Gasteiger partial charge in [-0.15, -0.1) is 11.8 Å². The molecule has 1 aliphatic rings. The lowest BCUT2D eigenvalue weighted by atomic mass is 9.96. The van der Waals surface area contributed by atoms with Crippen LogP contribution in [0.4, 0.5) is 5.69 Å². The van der Waals surface area contributed by atoms with E-state index in [1.807, 2.05) is 12.1 Å². The number of rotatable bonds is 2. The minimum absolute atomic E-state index is 0.177. The topological polar surface area (TPSA) is 59.6 Å². The van der Waals surface area contributed by atoms with Gasteiger partial charge in [0.15, 0.2) is 0 Å². The standard InChI is InChI=1S/C17H18BrN3OS/c1-10-12(4-3-5-15(10)23-2)17-13-8-11(18)6-7-14(13)20-16(21-19)9-22-17/h3-8,17H,9,19H2,1-2H3,(H,20,21)/t17-/m1/s1. The number of benzene rings is 2. The second-order valence-electron chi connectivity index (χ2n) is 5.27. The first-order valence-electron chi connectivity index (χ1n) is 7.22. The summed E-state index contributed by atoms with van der Waals surface area (Å²) >= 11 is 5.29. The molecule has 0 saturated carbocycles. The third-order valence-corrected chi connectivity index (χ3v) is 5.28. The number of thioether (sulfide) groups is 1. The van der Waals surface area contributed by atoms with Gasteiger partial charge in [0.2, 0.25) is 0 Å². The molecule has 0 bridgehead atoms. The highest BCUT2D eigenvalue weighted by Crippen LogP contribution is 2.39. The van der Waals surface area contributed by atoms with Crippen molar-refractivity contribution < 1.29 is 4.74 Å². The summed E-state index contributed by atoms with van der Waals surface area (Å²) in [4.78, 5) is 5.83. The summed E-state index contributed by atoms with van der Waals surface area (Å²) in [5.74, 6) is 6.17. The van der Waals surface area contributed by atoms with Crippen molar-refractivity contribution in [1.29, 1.82) is 0 Å². The van der Waals surface area contributed by atoms with E-state index in [1.165, 1.54) is 10.5 Å². The fourth-order valence-corrected chi connectivity index (χ4v) is 3.75. The number of nitrogens with zero attached hydrogens (tertiary/aromatic N) is 1. The summed E-state index contributed by atoms with van der Waals surface area (Å²) in [6.45, 7) is 2.48. The Morgan fingerprint density at radius 3 is 2.87 bits per heavy atom. The number of nitrogens with two attached hydrogens (primary N) is 1. The van der Waals surface area contributed by atoms with Gasteiger partial charge in [0, 0.05) is 14.9 Å². The zero-order valence-electron chi connectivity index (χ0n) is 13.0. The smallest absolute Gasteiger partial charge is 0.142 e. The van der Waals surface area contributed by atoms with Crippen molar-refractivity contribution in [2.24, 2.45) is 10.8 Å². The molecular formula is C17H18BrN3OS. The molecule has 1 aliphatic heterocycles. The van der Waals surface area contributed by atoms with Crippen molar-refractivity contribution in [3.05, 3.63) is 57.6 Å². The Bertz CT molecular complexity index is 763. The monoisotopic (exact) mass is 391 g/mol. The number of amidine groups is 1. The van der Waals surface area contributed by atoms with E-state index in [2.05, 4.69) is 63.8 Å². The first kappa shape index (κ1) is 16.5. The Labute approximate surface area is 148 Å². The van der Waals surface area contributed by atoms with Crippen LogP contribution < -0.4 is 11.3 Å². The molecule has 0 radical (unpaired) electrons. The quantitative estimate of drug-likeness (QED) is 0.459. The lowest BCUT2D eigenvalue weighted by Crippen LogP contribution is -2.33. The highest BCUT2D eigenvalue weighted by atomic mass is 79.9. The van der Waals surface area contributed by atoms with Gasteiger partial charge in [0.25, 0.3) is 0 Å². The summed E-state index contributed by atoms with van der Waals surface area (Å²) < 4.78 is 7.15. The Hall–Kier alpha value is -1.34. The predicted molar refractivity (Wildman–Crippen MR) is 99.3 cm³/mol. The minimum Gasteiger partial charge on any atom is -0.361 e. The lowest BCUT2D eigenvalue weighted by Gasteiger charge is -2.21. The van der Waals surface area contributed by atoms with E-state index in [9.17, 15) is 0 Å². The zero-order valence-corrected chi connectivity index (χ0v) is 15.4. The average molecular weight is 392 g/mol. The Kier molecular flexibility index (Phi) is 5.06. The normalized spacial score (nSPS) is 17.2. The third-order valence-electron chi connectivity index (χ3n) is 3.91. The zero-order chi connectivity index (χ0) is 16.4. The van der Waals surface area contributed by atoms with Crippen molar-refractivity contribution in [1.82, 2.24) is 5.43 Å². The molecule has 0 fully saturated rings. The fraction of sp³-hybridized carbons (Fsp3) is 0.235. The average Bonchev–Trinajstić information content (AvgIpc) is 2.74. The number of hydrazine groups is 1. The lowest BCUT2D eigenvalue weighted by molar-refractivity contribution is 0.112. The summed E-state index contributed by atoms with van der Waals surface area (Å²) in [6.07, 6.45) is 1.91. The van der Waals surface area contributed by atoms with Crippen molar-refractivity contribution >= 4 is 39.2 Å². The number of ether oxygens (including phenoxy) is 1. The second-order valence-corrected chi connectivity index (χ2v) is 7.04. The molecule has 2 aromatic rings. The van der Waals surface area contributed by atoms with Gasteiger partial charge in [-0.3, -0.25) is 0 Å². The van der Waals surface area contributed by atoms with Crippen LogP contribution in [-0.4, -0.2) is 18.7 Å². The molecule has 0 spiro atoms. The molecule has 3 rings (SSSR count). The predicted octanol–water partition coefficient (Wildman–Crippen LogP) is 4.09. The number of hydrogen-bond donors (Lipinski definition) is 2. The van der Waals surface area contributed by atoms with Gasteiger partial charge in [-0.25, -0.2) is 10.8 Å². The molecule has 1 heterocycles. The van der Waals surface area contributed by atoms with Crippen LogP contribution in [0.15, 0.2) is 50.8 Å². The van der Waals surface area contributed by atoms with E-state index in [-0.39, 0.29) is 6.10 Å². The van der Waals surface area contributed by atoms with E-state index in [4.69, 9.17) is 10.6 Å². The van der Waals surface area contributed by atoms with Gasteiger partial charge in [0.1, 0.15) is 18.5 Å². The SMILES string of the molecule is CSc1cccc([C@H]2OCC(NN)=Nc3ccc(Br)cc32)c1C.